The average Bonchev–Trinajstić information content (AvgIpc) is 2.52. The van der Waals surface area contributed by atoms with Crippen LogP contribution in [0.4, 0.5) is 0 Å². The van der Waals surface area contributed by atoms with E-state index in [0.29, 0.717) is 11.8 Å². The summed E-state index contributed by atoms with van der Waals surface area (Å²) in [5.74, 6) is 0.964. The van der Waals surface area contributed by atoms with Gasteiger partial charge in [0.15, 0.2) is 0 Å². The summed E-state index contributed by atoms with van der Waals surface area (Å²) < 4.78 is 0. The zero-order valence-corrected chi connectivity index (χ0v) is 10.5. The van der Waals surface area contributed by atoms with Crippen molar-refractivity contribution in [1.82, 2.24) is 4.90 Å². The molecule has 0 bridgehead atoms. The van der Waals surface area contributed by atoms with E-state index in [9.17, 15) is 4.79 Å². The van der Waals surface area contributed by atoms with E-state index in [-0.39, 0.29) is 11.5 Å². The van der Waals surface area contributed by atoms with Crippen LogP contribution in [0.15, 0.2) is 30.3 Å². The van der Waals surface area contributed by atoms with Gasteiger partial charge in [-0.2, -0.15) is 0 Å². The summed E-state index contributed by atoms with van der Waals surface area (Å²) in [6.45, 7) is 5.23. The molecule has 90 valence electrons. The number of carbonyl (C=O) groups is 1. The van der Waals surface area contributed by atoms with Gasteiger partial charge in [-0.25, -0.2) is 0 Å². The summed E-state index contributed by atoms with van der Waals surface area (Å²) in [6.07, 6.45) is 2.30. The molecular formula is C15H19NO. The second-order valence-electron chi connectivity index (χ2n) is 5.70. The number of amides is 1. The van der Waals surface area contributed by atoms with Gasteiger partial charge in [0.2, 0.25) is 5.91 Å². The van der Waals surface area contributed by atoms with E-state index in [2.05, 4.69) is 30.9 Å². The molecule has 0 radical (unpaired) electrons. The van der Waals surface area contributed by atoms with Crippen molar-refractivity contribution >= 4 is 5.91 Å². The van der Waals surface area contributed by atoms with Crippen LogP contribution in [-0.4, -0.2) is 17.4 Å². The lowest BCUT2D eigenvalue weighted by atomic mass is 9.63. The molecule has 0 spiro atoms. The van der Waals surface area contributed by atoms with E-state index >= 15 is 0 Å². The molecule has 0 N–H and O–H groups in total. The molecule has 1 aromatic rings. The van der Waals surface area contributed by atoms with E-state index in [0.717, 1.165) is 13.0 Å². The fourth-order valence-corrected chi connectivity index (χ4v) is 3.25. The number of likely N-dealkylation sites (tertiary alicyclic amines) is 1. The van der Waals surface area contributed by atoms with Gasteiger partial charge >= 0.3 is 0 Å². The van der Waals surface area contributed by atoms with E-state index in [4.69, 9.17) is 0 Å². The highest BCUT2D eigenvalue weighted by Crippen LogP contribution is 2.53. The number of benzene rings is 1. The van der Waals surface area contributed by atoms with Crippen LogP contribution in [0.2, 0.25) is 0 Å². The summed E-state index contributed by atoms with van der Waals surface area (Å²) in [5.41, 5.74) is 1.20. The Labute approximate surface area is 103 Å². The van der Waals surface area contributed by atoms with Crippen molar-refractivity contribution in [2.45, 2.75) is 32.7 Å². The van der Waals surface area contributed by atoms with Crippen LogP contribution in [0.25, 0.3) is 0 Å². The van der Waals surface area contributed by atoms with E-state index in [1.807, 2.05) is 18.2 Å². The van der Waals surface area contributed by atoms with Gasteiger partial charge in [-0.1, -0.05) is 37.3 Å². The second-order valence-corrected chi connectivity index (χ2v) is 5.70. The standard InChI is InChI=1S/C15H19NO/c1-11(12-6-4-3-5-7-12)16-10-13-8-9-15(13,2)14(16)17/h3-7,11,13H,8-10H2,1-2H3/t11-,13?,15+/m1/s1. The Hall–Kier alpha value is -1.31. The molecule has 1 aliphatic heterocycles. The third-order valence-electron chi connectivity index (χ3n) is 4.83. The van der Waals surface area contributed by atoms with Crippen molar-refractivity contribution in [2.75, 3.05) is 6.54 Å². The van der Waals surface area contributed by atoms with Crippen LogP contribution in [0.5, 0.6) is 0 Å². The number of hydrogen-bond acceptors (Lipinski definition) is 1. The summed E-state index contributed by atoms with van der Waals surface area (Å²) in [6, 6.07) is 10.5. The molecule has 1 saturated carbocycles. The highest BCUT2D eigenvalue weighted by atomic mass is 16.2. The smallest absolute Gasteiger partial charge is 0.229 e. The zero-order chi connectivity index (χ0) is 12.0. The molecule has 1 saturated heterocycles. The van der Waals surface area contributed by atoms with Crippen LogP contribution in [-0.2, 0) is 4.79 Å². The molecule has 0 aromatic heterocycles. The van der Waals surface area contributed by atoms with Crippen LogP contribution >= 0.6 is 0 Å². The minimum absolute atomic E-state index is 0.0387. The van der Waals surface area contributed by atoms with Gasteiger partial charge in [-0.3, -0.25) is 4.79 Å². The minimum Gasteiger partial charge on any atom is -0.335 e. The molecular weight excluding hydrogens is 210 g/mol. The van der Waals surface area contributed by atoms with Crippen molar-refractivity contribution in [2.24, 2.45) is 11.3 Å². The van der Waals surface area contributed by atoms with Gasteiger partial charge in [0, 0.05) is 6.54 Å². The third-order valence-corrected chi connectivity index (χ3v) is 4.83. The highest BCUT2D eigenvalue weighted by Gasteiger charge is 2.56. The topological polar surface area (TPSA) is 20.3 Å². The maximum atomic E-state index is 12.4. The van der Waals surface area contributed by atoms with Crippen molar-refractivity contribution < 1.29 is 4.79 Å². The predicted octanol–water partition coefficient (Wildman–Crippen LogP) is 3.01. The first kappa shape index (κ1) is 10.8. The fourth-order valence-electron chi connectivity index (χ4n) is 3.25. The van der Waals surface area contributed by atoms with Crippen molar-refractivity contribution in [3.8, 4) is 0 Å². The summed E-state index contributed by atoms with van der Waals surface area (Å²) in [5, 5.41) is 0. The molecule has 3 atom stereocenters. The van der Waals surface area contributed by atoms with E-state index in [1.165, 1.54) is 12.0 Å². The molecule has 1 aliphatic carbocycles. The summed E-state index contributed by atoms with van der Waals surface area (Å²) >= 11 is 0. The molecule has 2 fully saturated rings. The first-order chi connectivity index (χ1) is 8.13. The molecule has 3 rings (SSSR count). The lowest BCUT2D eigenvalue weighted by Crippen LogP contribution is -2.40. The number of rotatable bonds is 2. The van der Waals surface area contributed by atoms with Gasteiger partial charge in [-0.15, -0.1) is 0 Å². The van der Waals surface area contributed by atoms with Gasteiger partial charge in [-0.05, 0) is 31.2 Å². The molecule has 2 aliphatic rings. The molecule has 1 aromatic carbocycles. The normalized spacial score (nSPS) is 33.2. The van der Waals surface area contributed by atoms with Gasteiger partial charge in [0.1, 0.15) is 0 Å². The molecule has 1 unspecified atom stereocenters. The molecule has 1 amide bonds. The number of fused-ring (bicyclic) bond motifs is 1. The first-order valence-corrected chi connectivity index (χ1v) is 6.49. The Morgan fingerprint density at radius 2 is 2.06 bits per heavy atom. The van der Waals surface area contributed by atoms with Crippen molar-refractivity contribution in [1.29, 1.82) is 0 Å². The zero-order valence-electron chi connectivity index (χ0n) is 10.5. The lowest BCUT2D eigenvalue weighted by Gasteiger charge is -2.38. The van der Waals surface area contributed by atoms with Crippen molar-refractivity contribution in [3.63, 3.8) is 0 Å². The SMILES string of the molecule is C[C@H](c1ccccc1)N1CC2CC[C@]2(C)C1=O. The van der Waals surface area contributed by atoms with Gasteiger partial charge < -0.3 is 4.90 Å². The van der Waals surface area contributed by atoms with Crippen LogP contribution in [0.3, 0.4) is 0 Å². The van der Waals surface area contributed by atoms with E-state index in [1.54, 1.807) is 0 Å². The number of carbonyl (C=O) groups excluding carboxylic acids is 1. The molecule has 2 heteroatoms. The average molecular weight is 229 g/mol. The van der Waals surface area contributed by atoms with E-state index < -0.39 is 0 Å². The van der Waals surface area contributed by atoms with Crippen molar-refractivity contribution in [3.05, 3.63) is 35.9 Å². The van der Waals surface area contributed by atoms with Crippen LogP contribution in [0, 0.1) is 11.3 Å². The number of hydrogen-bond donors (Lipinski definition) is 0. The third kappa shape index (κ3) is 1.43. The first-order valence-electron chi connectivity index (χ1n) is 6.49. The molecule has 17 heavy (non-hydrogen) atoms. The fraction of sp³-hybridized carbons (Fsp3) is 0.533. The maximum absolute atomic E-state index is 12.4. The highest BCUT2D eigenvalue weighted by molar-refractivity contribution is 5.86. The minimum atomic E-state index is -0.0387. The Bertz CT molecular complexity index is 441. The largest absolute Gasteiger partial charge is 0.335 e. The number of nitrogens with zero attached hydrogens (tertiary/aromatic N) is 1. The summed E-state index contributed by atoms with van der Waals surface area (Å²) in [7, 11) is 0. The Morgan fingerprint density at radius 3 is 2.53 bits per heavy atom. The lowest BCUT2D eigenvalue weighted by molar-refractivity contribution is -0.140. The van der Waals surface area contributed by atoms with Gasteiger partial charge in [0.05, 0.1) is 11.5 Å². The predicted molar refractivity (Wildman–Crippen MR) is 67.4 cm³/mol. The molecule has 2 nitrogen and oxygen atoms in total. The molecule has 1 heterocycles. The van der Waals surface area contributed by atoms with Crippen LogP contribution < -0.4 is 0 Å². The quantitative estimate of drug-likeness (QED) is 0.763. The Balaban J connectivity index is 1.85. The second kappa shape index (κ2) is 3.59. The Kier molecular flexibility index (Phi) is 2.29. The summed E-state index contributed by atoms with van der Waals surface area (Å²) in [4.78, 5) is 14.5. The van der Waals surface area contributed by atoms with Crippen LogP contribution in [0.1, 0.15) is 38.3 Å². The monoisotopic (exact) mass is 229 g/mol. The maximum Gasteiger partial charge on any atom is 0.229 e. The Morgan fingerprint density at radius 1 is 1.35 bits per heavy atom. The van der Waals surface area contributed by atoms with Gasteiger partial charge in [0.25, 0.3) is 0 Å².